The molecule has 5 aliphatic carbocycles. The molecule has 2 aromatic carbocycles. The summed E-state index contributed by atoms with van der Waals surface area (Å²) in [5.74, 6) is -0.872. The smallest absolute Gasteiger partial charge is 0.407 e. The first-order valence-electron chi connectivity index (χ1n) is 17.0. The van der Waals surface area contributed by atoms with Crippen LogP contribution < -0.4 is 27.0 Å². The predicted molar refractivity (Wildman–Crippen MR) is 176 cm³/mol. The molecular formula is C36H47N5O6. The van der Waals surface area contributed by atoms with Crippen LogP contribution in [0.5, 0.6) is 0 Å². The molecule has 4 bridgehead atoms. The largest absolute Gasteiger partial charge is 0.480 e. The minimum Gasteiger partial charge on any atom is -0.480 e. The van der Waals surface area contributed by atoms with Crippen molar-refractivity contribution in [2.45, 2.75) is 93.8 Å². The van der Waals surface area contributed by atoms with E-state index in [1.165, 1.54) is 0 Å². The van der Waals surface area contributed by atoms with Gasteiger partial charge in [0.05, 0.1) is 6.54 Å². The molecule has 47 heavy (non-hydrogen) atoms. The number of nitrogens with one attached hydrogen (secondary N) is 4. The third kappa shape index (κ3) is 7.16. The van der Waals surface area contributed by atoms with Crippen LogP contribution in [0.4, 0.5) is 4.79 Å². The number of ether oxygens (including phenoxy) is 1. The average Bonchev–Trinajstić information content (AvgIpc) is 3.35. The number of unbranched alkanes of at least 4 members (excludes halogenated alkanes) is 1. The van der Waals surface area contributed by atoms with Crippen molar-refractivity contribution in [2.75, 3.05) is 19.7 Å². The molecular weight excluding hydrogens is 598 g/mol. The highest BCUT2D eigenvalue weighted by Gasteiger charge is 2.58. The Kier molecular flexibility index (Phi) is 9.57. The van der Waals surface area contributed by atoms with E-state index in [4.69, 9.17) is 10.5 Å². The van der Waals surface area contributed by atoms with Crippen molar-refractivity contribution in [1.82, 2.24) is 21.3 Å². The lowest BCUT2D eigenvalue weighted by Gasteiger charge is -2.62. The summed E-state index contributed by atoms with van der Waals surface area (Å²) in [7, 11) is 0. The maximum Gasteiger partial charge on any atom is 0.407 e. The van der Waals surface area contributed by atoms with Gasteiger partial charge in [-0.15, -0.1) is 0 Å². The number of amides is 3. The van der Waals surface area contributed by atoms with Gasteiger partial charge in [-0.05, 0) is 105 Å². The van der Waals surface area contributed by atoms with E-state index in [2.05, 4.69) is 33.4 Å². The van der Waals surface area contributed by atoms with Gasteiger partial charge in [0.2, 0.25) is 11.8 Å². The normalized spacial score (nSPS) is 26.5. The quantitative estimate of drug-likeness (QED) is 0.170. The second kappa shape index (κ2) is 13.6. The van der Waals surface area contributed by atoms with Crippen LogP contribution in [0.2, 0.25) is 0 Å². The highest BCUT2D eigenvalue weighted by molar-refractivity contribution is 5.91. The Balaban J connectivity index is 1.06. The third-order valence-corrected chi connectivity index (χ3v) is 10.7. The maximum atomic E-state index is 13.8. The van der Waals surface area contributed by atoms with E-state index in [0.717, 1.165) is 54.4 Å². The number of nitrogens with two attached hydrogens (primary N) is 1. The molecule has 2 unspecified atom stereocenters. The molecule has 5 aliphatic rings. The zero-order valence-corrected chi connectivity index (χ0v) is 27.1. The fraction of sp³-hybridized carbons (Fsp3) is 0.556. The van der Waals surface area contributed by atoms with Crippen LogP contribution in [-0.2, 0) is 19.1 Å². The van der Waals surface area contributed by atoms with Gasteiger partial charge in [0.25, 0.3) is 0 Å². The summed E-state index contributed by atoms with van der Waals surface area (Å²) in [4.78, 5) is 51.4. The van der Waals surface area contributed by atoms with Gasteiger partial charge in [-0.2, -0.15) is 0 Å². The first-order valence-corrected chi connectivity index (χ1v) is 17.0. The molecule has 0 aliphatic heterocycles. The molecule has 0 radical (unpaired) electrons. The molecule has 4 fully saturated rings. The molecule has 7 rings (SSSR count). The van der Waals surface area contributed by atoms with Gasteiger partial charge in [0.15, 0.2) is 0 Å². The van der Waals surface area contributed by atoms with E-state index < -0.39 is 35.6 Å². The van der Waals surface area contributed by atoms with Gasteiger partial charge >= 0.3 is 12.1 Å². The van der Waals surface area contributed by atoms with Crippen LogP contribution in [0.25, 0.3) is 11.1 Å². The Morgan fingerprint density at radius 1 is 0.894 bits per heavy atom. The third-order valence-electron chi connectivity index (χ3n) is 10.7. The van der Waals surface area contributed by atoms with Crippen molar-refractivity contribution >= 4 is 23.9 Å². The van der Waals surface area contributed by atoms with E-state index in [1.54, 1.807) is 6.92 Å². The number of hydrogen-bond donors (Lipinski definition) is 6. The number of carbonyl (C=O) groups is 4. The monoisotopic (exact) mass is 645 g/mol. The summed E-state index contributed by atoms with van der Waals surface area (Å²) in [5.41, 5.74) is 9.45. The summed E-state index contributed by atoms with van der Waals surface area (Å²) in [5, 5.41) is 21.5. The van der Waals surface area contributed by atoms with Crippen molar-refractivity contribution in [3.63, 3.8) is 0 Å². The molecule has 2 aromatic rings. The van der Waals surface area contributed by atoms with E-state index >= 15 is 0 Å². The van der Waals surface area contributed by atoms with Crippen molar-refractivity contribution in [1.29, 1.82) is 0 Å². The highest BCUT2D eigenvalue weighted by atomic mass is 16.5. The van der Waals surface area contributed by atoms with Crippen LogP contribution in [0.1, 0.15) is 81.8 Å². The summed E-state index contributed by atoms with van der Waals surface area (Å²) >= 11 is 0. The fourth-order valence-corrected chi connectivity index (χ4v) is 9.17. The first kappa shape index (κ1) is 33.0. The van der Waals surface area contributed by atoms with Gasteiger partial charge in [0, 0.05) is 17.0 Å². The van der Waals surface area contributed by atoms with Gasteiger partial charge < -0.3 is 36.8 Å². The van der Waals surface area contributed by atoms with Crippen molar-refractivity contribution in [3.05, 3.63) is 59.7 Å². The Bertz CT molecular complexity index is 1450. The van der Waals surface area contributed by atoms with Crippen LogP contribution >= 0.6 is 0 Å². The summed E-state index contributed by atoms with van der Waals surface area (Å²) in [6, 6.07) is 14.4. The number of hydrogen-bond acceptors (Lipinski definition) is 7. The van der Waals surface area contributed by atoms with E-state index in [0.29, 0.717) is 44.1 Å². The van der Waals surface area contributed by atoms with Crippen LogP contribution in [0.15, 0.2) is 48.5 Å². The molecule has 11 heteroatoms. The van der Waals surface area contributed by atoms with Crippen LogP contribution in [0.3, 0.4) is 0 Å². The number of rotatable bonds is 14. The predicted octanol–water partition coefficient (Wildman–Crippen LogP) is 3.41. The van der Waals surface area contributed by atoms with Gasteiger partial charge in [-0.25, -0.2) is 4.79 Å². The molecule has 0 aromatic heterocycles. The minimum atomic E-state index is -0.932. The average molecular weight is 646 g/mol. The number of carboxylic acids is 1. The Morgan fingerprint density at radius 2 is 1.51 bits per heavy atom. The number of carbonyl (C=O) groups excluding carboxylic acids is 3. The second-order valence-corrected chi connectivity index (χ2v) is 14.3. The first-order chi connectivity index (χ1) is 22.6. The molecule has 0 saturated heterocycles. The Hall–Kier alpha value is -3.96. The molecule has 4 saturated carbocycles. The summed E-state index contributed by atoms with van der Waals surface area (Å²) < 4.78 is 5.63. The maximum absolute atomic E-state index is 13.8. The van der Waals surface area contributed by atoms with E-state index in [9.17, 15) is 24.3 Å². The lowest BCUT2D eigenvalue weighted by atomic mass is 9.50. The SMILES string of the molecule is C[C@H](NC(=O)OCC1c2ccccc2-c2ccccc21)C(=O)N[C@@H](CCCCN)C(=O)NC12C[C@@H]3C[C@@H](CC(NCC(=O)O)(C3)C1)C2. The van der Waals surface area contributed by atoms with Crippen molar-refractivity contribution in [2.24, 2.45) is 17.6 Å². The van der Waals surface area contributed by atoms with E-state index in [-0.39, 0.29) is 30.5 Å². The number of fused-ring (bicyclic) bond motifs is 3. The molecule has 252 valence electrons. The molecule has 0 heterocycles. The molecule has 7 N–H and O–H groups in total. The number of carboxylic acid groups (broad SMARTS) is 1. The summed E-state index contributed by atoms with van der Waals surface area (Å²) in [6.07, 6.45) is 6.41. The van der Waals surface area contributed by atoms with E-state index in [1.807, 2.05) is 36.4 Å². The molecule has 3 amide bonds. The standard InChI is InChI=1S/C36H47N5O6/c1-22(39-34(46)47-20-29-27-10-4-2-8-25(27)26-9-3-5-11-28(26)29)32(44)40-30(12-6-7-13-37)33(45)41-36-17-23-14-24(18-36)16-35(15-23,21-36)38-19-31(42)43/h2-5,8-11,22-24,29-30,38H,6-7,12-21,37H2,1H3,(H,39,46)(H,40,44)(H,41,45)(H,42,43)/t22-,23-,24+,30-,35?,36?/m0/s1. The van der Waals surface area contributed by atoms with Gasteiger partial charge in [-0.3, -0.25) is 14.4 Å². The van der Waals surface area contributed by atoms with Crippen molar-refractivity contribution < 1.29 is 29.0 Å². The van der Waals surface area contributed by atoms with Crippen LogP contribution in [-0.4, -0.2) is 71.8 Å². The lowest BCUT2D eigenvalue weighted by Crippen LogP contribution is -2.70. The number of aliphatic carboxylic acids is 1. The lowest BCUT2D eigenvalue weighted by molar-refractivity contribution is -0.139. The highest BCUT2D eigenvalue weighted by Crippen LogP contribution is 2.57. The second-order valence-electron chi connectivity index (χ2n) is 14.3. The summed E-state index contributed by atoms with van der Waals surface area (Å²) in [6.45, 7) is 2.08. The van der Waals surface area contributed by atoms with Crippen molar-refractivity contribution in [3.8, 4) is 11.1 Å². The Morgan fingerprint density at radius 3 is 2.13 bits per heavy atom. The zero-order chi connectivity index (χ0) is 33.2. The molecule has 11 nitrogen and oxygen atoms in total. The van der Waals surface area contributed by atoms with Gasteiger partial charge in [-0.1, -0.05) is 48.5 Å². The number of alkyl carbamates (subject to hydrolysis) is 1. The topological polar surface area (TPSA) is 172 Å². The minimum absolute atomic E-state index is 0.101. The zero-order valence-electron chi connectivity index (χ0n) is 27.1. The Labute approximate surface area is 275 Å². The molecule has 6 atom stereocenters. The van der Waals surface area contributed by atoms with Crippen LogP contribution in [0, 0.1) is 11.8 Å². The molecule has 0 spiro atoms. The fourth-order valence-electron chi connectivity index (χ4n) is 9.17. The number of benzene rings is 2. The van der Waals surface area contributed by atoms with Gasteiger partial charge in [0.1, 0.15) is 18.7 Å².